The maximum atomic E-state index is 13.0. The smallest absolute Gasteiger partial charge is 0.369 e. The van der Waals surface area contributed by atoms with E-state index in [0.717, 1.165) is 4.90 Å². The lowest BCUT2D eigenvalue weighted by molar-refractivity contribution is -0.332. The van der Waals surface area contributed by atoms with Crippen LogP contribution >= 0.6 is 11.6 Å². The molecule has 0 amide bonds. The molecule has 2 nitrogen and oxygen atoms in total. The summed E-state index contributed by atoms with van der Waals surface area (Å²) < 4.78 is 78.1. The molecule has 1 fully saturated rings. The summed E-state index contributed by atoms with van der Waals surface area (Å²) in [5.74, 6) is 0. The van der Waals surface area contributed by atoms with Gasteiger partial charge in [0.05, 0.1) is 16.3 Å². The lowest BCUT2D eigenvalue weighted by Gasteiger charge is -2.34. The molecule has 1 aromatic rings. The molecule has 0 aliphatic carbocycles. The van der Waals surface area contributed by atoms with E-state index >= 15 is 0 Å². The van der Waals surface area contributed by atoms with Gasteiger partial charge in [0.25, 0.3) is 0 Å². The molecule has 1 aliphatic rings. The van der Waals surface area contributed by atoms with E-state index in [9.17, 15) is 26.3 Å². The lowest BCUT2D eigenvalue weighted by Crippen LogP contribution is -2.51. The fourth-order valence-corrected chi connectivity index (χ4v) is 2.74. The number of hydrogen-bond acceptors (Lipinski definition) is 2. The largest absolute Gasteiger partial charge is 0.404 e. The highest BCUT2D eigenvalue weighted by Crippen LogP contribution is 2.56. The average molecular weight is 343 g/mol. The second-order valence-electron chi connectivity index (χ2n) is 4.99. The second-order valence-corrected chi connectivity index (χ2v) is 5.40. The van der Waals surface area contributed by atoms with Crippen molar-refractivity contribution in [2.45, 2.75) is 18.8 Å². The molecule has 0 radical (unpaired) electrons. The van der Waals surface area contributed by atoms with E-state index in [2.05, 4.69) is 0 Å². The Morgan fingerprint density at radius 3 is 2.18 bits per heavy atom. The van der Waals surface area contributed by atoms with Crippen LogP contribution in [0.4, 0.5) is 32.0 Å². The first-order valence-corrected chi connectivity index (χ1v) is 6.48. The molecule has 0 N–H and O–H groups in total. The standard InChI is InChI=1S/C13H9ClF6N2/c14-9-2-1-3-10(8(9)6-21)22-5-4-11(7-22,12(15,16)17)13(18,19)20/h1-3H,4-5,7H2. The van der Waals surface area contributed by atoms with Gasteiger partial charge in [0, 0.05) is 13.1 Å². The van der Waals surface area contributed by atoms with E-state index in [1.807, 2.05) is 0 Å². The third-order valence-electron chi connectivity index (χ3n) is 3.80. The first-order chi connectivity index (χ1) is 10.0. The molecule has 0 saturated carbocycles. The van der Waals surface area contributed by atoms with Gasteiger partial charge in [-0.25, -0.2) is 0 Å². The van der Waals surface area contributed by atoms with Crippen LogP contribution in [0, 0.1) is 16.7 Å². The van der Waals surface area contributed by atoms with Gasteiger partial charge in [-0.1, -0.05) is 17.7 Å². The molecule has 0 atom stereocenters. The Morgan fingerprint density at radius 2 is 1.73 bits per heavy atom. The molecular formula is C13H9ClF6N2. The zero-order chi connectivity index (χ0) is 16.8. The molecule has 1 aromatic carbocycles. The summed E-state index contributed by atoms with van der Waals surface area (Å²) in [5, 5.41) is 8.99. The molecule has 9 heteroatoms. The van der Waals surface area contributed by atoms with Crippen molar-refractivity contribution >= 4 is 17.3 Å². The molecule has 1 aliphatic heterocycles. The predicted molar refractivity (Wildman–Crippen MR) is 67.5 cm³/mol. The van der Waals surface area contributed by atoms with Gasteiger partial charge in [-0.15, -0.1) is 0 Å². The van der Waals surface area contributed by atoms with Crippen LogP contribution in [-0.2, 0) is 0 Å². The number of benzene rings is 1. The van der Waals surface area contributed by atoms with Gasteiger partial charge in [0.2, 0.25) is 0 Å². The van der Waals surface area contributed by atoms with Crippen molar-refractivity contribution in [3.05, 3.63) is 28.8 Å². The maximum absolute atomic E-state index is 13.0. The summed E-state index contributed by atoms with van der Waals surface area (Å²) in [6.45, 7) is -1.75. The highest BCUT2D eigenvalue weighted by Gasteiger charge is 2.72. The molecule has 0 bridgehead atoms. The second kappa shape index (κ2) is 5.23. The van der Waals surface area contributed by atoms with Gasteiger partial charge >= 0.3 is 12.4 Å². The monoisotopic (exact) mass is 342 g/mol. The van der Waals surface area contributed by atoms with Crippen molar-refractivity contribution in [2.24, 2.45) is 5.41 Å². The van der Waals surface area contributed by atoms with Crippen LogP contribution in [0.15, 0.2) is 18.2 Å². The van der Waals surface area contributed by atoms with E-state index in [-0.39, 0.29) is 16.3 Å². The molecular weight excluding hydrogens is 334 g/mol. The Hall–Kier alpha value is -1.62. The molecule has 0 aromatic heterocycles. The summed E-state index contributed by atoms with van der Waals surface area (Å²) in [7, 11) is 0. The van der Waals surface area contributed by atoms with Gasteiger partial charge < -0.3 is 4.90 Å². The van der Waals surface area contributed by atoms with Crippen LogP contribution in [0.5, 0.6) is 0 Å². The molecule has 1 saturated heterocycles. The SMILES string of the molecule is N#Cc1c(Cl)cccc1N1CCC(C(F)(F)F)(C(F)(F)F)C1. The number of rotatable bonds is 1. The first-order valence-electron chi connectivity index (χ1n) is 6.10. The van der Waals surface area contributed by atoms with Crippen LogP contribution in [-0.4, -0.2) is 25.4 Å². The van der Waals surface area contributed by atoms with Gasteiger partial charge in [0.1, 0.15) is 6.07 Å². The maximum Gasteiger partial charge on any atom is 0.404 e. The molecule has 0 spiro atoms. The predicted octanol–water partition coefficient (Wildman–Crippen LogP) is 4.53. The number of nitrogens with zero attached hydrogens (tertiary/aromatic N) is 2. The summed E-state index contributed by atoms with van der Waals surface area (Å²) in [5.41, 5.74) is -3.95. The van der Waals surface area contributed by atoms with E-state index in [1.54, 1.807) is 6.07 Å². The fraction of sp³-hybridized carbons (Fsp3) is 0.462. The quantitative estimate of drug-likeness (QED) is 0.701. The third kappa shape index (κ3) is 2.47. The minimum absolute atomic E-state index is 0.0171. The van der Waals surface area contributed by atoms with E-state index in [0.29, 0.717) is 0 Å². The summed E-state index contributed by atoms with van der Waals surface area (Å²) in [6, 6.07) is 5.72. The third-order valence-corrected chi connectivity index (χ3v) is 4.11. The Kier molecular flexibility index (Phi) is 3.98. The van der Waals surface area contributed by atoms with Crippen LogP contribution < -0.4 is 4.90 Å². The number of hydrogen-bond donors (Lipinski definition) is 0. The average Bonchev–Trinajstić information content (AvgIpc) is 2.83. The van der Waals surface area contributed by atoms with Gasteiger partial charge in [-0.2, -0.15) is 31.6 Å². The number of anilines is 1. The summed E-state index contributed by atoms with van der Waals surface area (Å²) in [6.07, 6.45) is -12.0. The Bertz CT molecular complexity index is 602. The highest BCUT2D eigenvalue weighted by molar-refractivity contribution is 6.32. The van der Waals surface area contributed by atoms with Crippen LogP contribution in [0.2, 0.25) is 5.02 Å². The normalized spacial score (nSPS) is 18.4. The van der Waals surface area contributed by atoms with Gasteiger partial charge in [-0.05, 0) is 18.6 Å². The summed E-state index contributed by atoms with van der Waals surface area (Å²) >= 11 is 5.77. The highest BCUT2D eigenvalue weighted by atomic mass is 35.5. The summed E-state index contributed by atoms with van der Waals surface area (Å²) in [4.78, 5) is 0.908. The van der Waals surface area contributed by atoms with Crippen molar-refractivity contribution in [3.63, 3.8) is 0 Å². The topological polar surface area (TPSA) is 27.0 Å². The molecule has 120 valence electrons. The molecule has 22 heavy (non-hydrogen) atoms. The minimum atomic E-state index is -5.43. The molecule has 2 rings (SSSR count). The van der Waals surface area contributed by atoms with Crippen molar-refractivity contribution in [1.29, 1.82) is 5.26 Å². The number of halogens is 7. The van der Waals surface area contributed by atoms with Gasteiger partial charge in [-0.3, -0.25) is 0 Å². The van der Waals surface area contributed by atoms with Crippen LogP contribution in [0.3, 0.4) is 0 Å². The Morgan fingerprint density at radius 1 is 1.14 bits per heavy atom. The zero-order valence-electron chi connectivity index (χ0n) is 10.9. The van der Waals surface area contributed by atoms with Crippen molar-refractivity contribution in [1.82, 2.24) is 0 Å². The number of nitriles is 1. The van der Waals surface area contributed by atoms with Crippen LogP contribution in [0.25, 0.3) is 0 Å². The Labute approximate surface area is 126 Å². The fourth-order valence-electron chi connectivity index (χ4n) is 2.53. The van der Waals surface area contributed by atoms with E-state index in [1.165, 1.54) is 18.2 Å². The number of alkyl halides is 6. The zero-order valence-corrected chi connectivity index (χ0v) is 11.6. The lowest BCUT2D eigenvalue weighted by atomic mass is 9.85. The van der Waals surface area contributed by atoms with Gasteiger partial charge in [0.15, 0.2) is 5.41 Å². The van der Waals surface area contributed by atoms with E-state index in [4.69, 9.17) is 16.9 Å². The van der Waals surface area contributed by atoms with Crippen LogP contribution in [0.1, 0.15) is 12.0 Å². The Balaban J connectivity index is 2.45. The minimum Gasteiger partial charge on any atom is -0.369 e. The van der Waals surface area contributed by atoms with Crippen molar-refractivity contribution in [2.75, 3.05) is 18.0 Å². The van der Waals surface area contributed by atoms with Crippen molar-refractivity contribution < 1.29 is 26.3 Å². The molecule has 1 heterocycles. The van der Waals surface area contributed by atoms with E-state index < -0.39 is 37.3 Å². The van der Waals surface area contributed by atoms with Crippen molar-refractivity contribution in [3.8, 4) is 6.07 Å². The molecule has 0 unspecified atom stereocenters. The first kappa shape index (κ1) is 16.7.